The molecule has 25 heavy (non-hydrogen) atoms. The Hall–Kier alpha value is -1.71. The van der Waals surface area contributed by atoms with Gasteiger partial charge in [0.1, 0.15) is 5.69 Å². The molecule has 136 valence electrons. The third-order valence-electron chi connectivity index (χ3n) is 5.92. The van der Waals surface area contributed by atoms with Crippen LogP contribution in [-0.2, 0) is 10.0 Å². The summed E-state index contributed by atoms with van der Waals surface area (Å²) in [6.45, 7) is 0. The highest BCUT2D eigenvalue weighted by Crippen LogP contribution is 2.58. The molecule has 4 N–H and O–H groups in total. The van der Waals surface area contributed by atoms with Gasteiger partial charge in [0, 0.05) is 11.6 Å². The van der Waals surface area contributed by atoms with E-state index in [-0.39, 0.29) is 21.8 Å². The maximum Gasteiger partial charge on any atom is 0.293 e. The molecule has 5 rings (SSSR count). The van der Waals surface area contributed by atoms with Crippen molar-refractivity contribution in [3.63, 3.8) is 0 Å². The minimum atomic E-state index is -4.01. The number of aliphatic hydroxyl groups is 1. The Labute approximate surface area is 145 Å². The van der Waals surface area contributed by atoms with Crippen LogP contribution >= 0.6 is 0 Å². The number of nitro groups is 1. The number of nitro benzene ring substituents is 1. The monoisotopic (exact) mass is 367 g/mol. The fraction of sp³-hybridized carbons (Fsp3) is 0.625. The largest absolute Gasteiger partial charge is 0.390 e. The van der Waals surface area contributed by atoms with E-state index in [9.17, 15) is 23.6 Å². The SMILES string of the molecule is NS(=O)(=O)c1ccc(NC23C[C@H]4C[C@@H](CC(O)(C4)C2)C3)c([N+](=O)[O-])c1. The molecule has 2 atom stereocenters. The first-order valence-electron chi connectivity index (χ1n) is 8.39. The third kappa shape index (κ3) is 2.90. The molecule has 4 saturated carbocycles. The standard InChI is InChI=1S/C16H21N3O5S/c17-25(23,24)12-1-2-13(14(4-12)19(21)22)18-15-5-10-3-11(6-15)8-16(20,7-10)9-15/h1-2,4,10-11,18,20H,3,5-9H2,(H2,17,23,24)/t10-,11-,15?,16?/m1/s1. The van der Waals surface area contributed by atoms with E-state index in [0.717, 1.165) is 38.2 Å². The average molecular weight is 367 g/mol. The Balaban J connectivity index is 1.70. The Kier molecular flexibility index (Phi) is 3.45. The summed E-state index contributed by atoms with van der Waals surface area (Å²) >= 11 is 0. The quantitative estimate of drug-likeness (QED) is 0.548. The molecular weight excluding hydrogens is 346 g/mol. The van der Waals surface area contributed by atoms with Crippen molar-refractivity contribution in [2.45, 2.75) is 54.6 Å². The minimum absolute atomic E-state index is 0.281. The predicted octanol–water partition coefficient (Wildman–Crippen LogP) is 1.74. The van der Waals surface area contributed by atoms with Gasteiger partial charge in [-0.05, 0) is 62.5 Å². The third-order valence-corrected chi connectivity index (χ3v) is 6.84. The first kappa shape index (κ1) is 16.7. The van der Waals surface area contributed by atoms with Gasteiger partial charge in [-0.15, -0.1) is 0 Å². The van der Waals surface area contributed by atoms with E-state index < -0.39 is 20.5 Å². The molecule has 0 heterocycles. The van der Waals surface area contributed by atoms with E-state index in [1.165, 1.54) is 12.1 Å². The second kappa shape index (κ2) is 5.15. The van der Waals surface area contributed by atoms with Gasteiger partial charge >= 0.3 is 0 Å². The first-order chi connectivity index (χ1) is 11.6. The number of benzene rings is 1. The number of hydrogen-bond donors (Lipinski definition) is 3. The van der Waals surface area contributed by atoms with Gasteiger partial charge in [0.25, 0.3) is 5.69 Å². The molecule has 1 aromatic rings. The van der Waals surface area contributed by atoms with Crippen molar-refractivity contribution < 1.29 is 18.4 Å². The Morgan fingerprint density at radius 2 is 1.88 bits per heavy atom. The number of primary sulfonamides is 1. The van der Waals surface area contributed by atoms with Crippen LogP contribution in [0, 0.1) is 22.0 Å². The molecule has 0 unspecified atom stereocenters. The van der Waals surface area contributed by atoms with Gasteiger partial charge in [0.05, 0.1) is 15.4 Å². The van der Waals surface area contributed by atoms with Gasteiger partial charge in [-0.3, -0.25) is 10.1 Å². The molecule has 4 aliphatic carbocycles. The molecular formula is C16H21N3O5S. The molecule has 4 fully saturated rings. The van der Waals surface area contributed by atoms with E-state index >= 15 is 0 Å². The minimum Gasteiger partial charge on any atom is -0.390 e. The van der Waals surface area contributed by atoms with Crippen molar-refractivity contribution in [1.82, 2.24) is 0 Å². The van der Waals surface area contributed by atoms with E-state index in [1.807, 2.05) is 0 Å². The number of rotatable bonds is 4. The summed E-state index contributed by atoms with van der Waals surface area (Å²) in [4.78, 5) is 10.5. The Bertz CT molecular complexity index is 839. The highest BCUT2D eigenvalue weighted by molar-refractivity contribution is 7.89. The van der Waals surface area contributed by atoms with Gasteiger partial charge in [-0.1, -0.05) is 0 Å². The number of nitrogens with two attached hydrogens (primary N) is 1. The molecule has 0 aliphatic heterocycles. The molecule has 8 nitrogen and oxygen atoms in total. The summed E-state index contributed by atoms with van der Waals surface area (Å²) in [5.41, 5.74) is -1.09. The van der Waals surface area contributed by atoms with Crippen LogP contribution in [0.25, 0.3) is 0 Å². The molecule has 1 aromatic carbocycles. The van der Waals surface area contributed by atoms with Gasteiger partial charge in [-0.25, -0.2) is 13.6 Å². The van der Waals surface area contributed by atoms with Crippen molar-refractivity contribution in [2.24, 2.45) is 17.0 Å². The fourth-order valence-electron chi connectivity index (χ4n) is 5.59. The highest BCUT2D eigenvalue weighted by atomic mass is 32.2. The molecule has 4 bridgehead atoms. The lowest BCUT2D eigenvalue weighted by molar-refractivity contribution is -0.384. The van der Waals surface area contributed by atoms with E-state index in [1.54, 1.807) is 0 Å². The van der Waals surface area contributed by atoms with Gasteiger partial charge in [-0.2, -0.15) is 0 Å². The zero-order chi connectivity index (χ0) is 18.0. The van der Waals surface area contributed by atoms with E-state index in [4.69, 9.17) is 5.14 Å². The molecule has 0 aromatic heterocycles. The zero-order valence-electron chi connectivity index (χ0n) is 13.6. The summed E-state index contributed by atoms with van der Waals surface area (Å²) in [5.74, 6) is 0.864. The van der Waals surface area contributed by atoms with Crippen LogP contribution in [0.2, 0.25) is 0 Å². The number of hydrogen-bond acceptors (Lipinski definition) is 6. The summed E-state index contributed by atoms with van der Waals surface area (Å²) in [6.07, 6.45) is 5.04. The average Bonchev–Trinajstić information content (AvgIpc) is 2.42. The second-order valence-corrected chi connectivity index (χ2v) is 9.63. The van der Waals surface area contributed by atoms with Crippen molar-refractivity contribution in [2.75, 3.05) is 5.32 Å². The molecule has 9 heteroatoms. The summed E-state index contributed by atoms with van der Waals surface area (Å²) < 4.78 is 22.9. The normalized spacial score (nSPS) is 36.4. The van der Waals surface area contributed by atoms with Crippen LogP contribution in [-0.4, -0.2) is 29.6 Å². The van der Waals surface area contributed by atoms with Crippen LogP contribution in [0.1, 0.15) is 38.5 Å². The number of sulfonamides is 1. The lowest BCUT2D eigenvalue weighted by Gasteiger charge is -2.60. The van der Waals surface area contributed by atoms with Crippen LogP contribution in [0.15, 0.2) is 23.1 Å². The maximum absolute atomic E-state index is 11.5. The van der Waals surface area contributed by atoms with Crippen molar-refractivity contribution in [3.8, 4) is 0 Å². The van der Waals surface area contributed by atoms with Gasteiger partial charge in [0.15, 0.2) is 0 Å². The maximum atomic E-state index is 11.5. The van der Waals surface area contributed by atoms with Gasteiger partial charge < -0.3 is 10.4 Å². The number of anilines is 1. The topological polar surface area (TPSA) is 136 Å². The zero-order valence-corrected chi connectivity index (χ0v) is 14.5. The number of nitrogens with one attached hydrogen (secondary N) is 1. The van der Waals surface area contributed by atoms with Crippen LogP contribution in [0.4, 0.5) is 11.4 Å². The van der Waals surface area contributed by atoms with Crippen LogP contribution in [0.3, 0.4) is 0 Å². The van der Waals surface area contributed by atoms with Crippen LogP contribution < -0.4 is 10.5 Å². The lowest BCUT2D eigenvalue weighted by Crippen LogP contribution is -2.62. The summed E-state index contributed by atoms with van der Waals surface area (Å²) in [6, 6.07) is 3.67. The van der Waals surface area contributed by atoms with E-state index in [2.05, 4.69) is 5.32 Å². The summed E-state index contributed by atoms with van der Waals surface area (Å²) in [5, 5.41) is 30.6. The second-order valence-electron chi connectivity index (χ2n) is 8.07. The van der Waals surface area contributed by atoms with Crippen molar-refractivity contribution >= 4 is 21.4 Å². The molecule has 0 amide bonds. The lowest BCUT2D eigenvalue weighted by atomic mass is 9.51. The Morgan fingerprint density at radius 1 is 1.24 bits per heavy atom. The van der Waals surface area contributed by atoms with Crippen LogP contribution in [0.5, 0.6) is 0 Å². The van der Waals surface area contributed by atoms with Crippen molar-refractivity contribution in [1.29, 1.82) is 0 Å². The van der Waals surface area contributed by atoms with E-state index in [0.29, 0.717) is 18.3 Å². The highest BCUT2D eigenvalue weighted by Gasteiger charge is 2.57. The smallest absolute Gasteiger partial charge is 0.293 e. The van der Waals surface area contributed by atoms with Crippen molar-refractivity contribution in [3.05, 3.63) is 28.3 Å². The molecule has 0 saturated heterocycles. The predicted molar refractivity (Wildman–Crippen MR) is 90.5 cm³/mol. The first-order valence-corrected chi connectivity index (χ1v) is 9.94. The summed E-state index contributed by atoms with van der Waals surface area (Å²) in [7, 11) is -4.01. The molecule has 0 radical (unpaired) electrons. The molecule has 0 spiro atoms. The van der Waals surface area contributed by atoms with Gasteiger partial charge in [0.2, 0.25) is 10.0 Å². The molecule has 4 aliphatic rings. The fourth-order valence-corrected chi connectivity index (χ4v) is 6.12. The Morgan fingerprint density at radius 3 is 2.40 bits per heavy atom. The number of nitrogens with zero attached hydrogens (tertiary/aromatic N) is 1.